The molecule has 0 aromatic rings. The fourth-order valence-electron chi connectivity index (χ4n) is 2.40. The lowest BCUT2D eigenvalue weighted by Crippen LogP contribution is -2.39. The predicted molar refractivity (Wildman–Crippen MR) is 81.1 cm³/mol. The second kappa shape index (κ2) is 7.86. The lowest BCUT2D eigenvalue weighted by molar-refractivity contribution is -0.204. The first kappa shape index (κ1) is 16.5. The summed E-state index contributed by atoms with van der Waals surface area (Å²) in [6, 6.07) is 0. The molecule has 0 radical (unpaired) electrons. The van der Waals surface area contributed by atoms with Crippen molar-refractivity contribution in [1.29, 1.82) is 0 Å². The fraction of sp³-hybridized carbons (Fsp3) is 0.765. The summed E-state index contributed by atoms with van der Waals surface area (Å²) >= 11 is 0. The maximum Gasteiger partial charge on any atom is 0.177 e. The van der Waals surface area contributed by atoms with Gasteiger partial charge in [0.15, 0.2) is 6.29 Å². The zero-order chi connectivity index (χ0) is 14.3. The van der Waals surface area contributed by atoms with Crippen LogP contribution in [0.1, 0.15) is 60.3 Å². The van der Waals surface area contributed by atoms with E-state index in [0.29, 0.717) is 0 Å². The van der Waals surface area contributed by atoms with Gasteiger partial charge >= 0.3 is 0 Å². The second-order valence-corrected chi connectivity index (χ2v) is 6.38. The molecule has 1 heterocycles. The van der Waals surface area contributed by atoms with Crippen molar-refractivity contribution in [3.8, 4) is 0 Å². The van der Waals surface area contributed by atoms with Gasteiger partial charge in [0, 0.05) is 5.41 Å². The van der Waals surface area contributed by atoms with Crippen molar-refractivity contribution >= 4 is 0 Å². The van der Waals surface area contributed by atoms with E-state index in [9.17, 15) is 0 Å². The molecule has 1 saturated heterocycles. The number of allylic oxidation sites excluding steroid dienone is 3. The first-order chi connectivity index (χ1) is 8.95. The highest BCUT2D eigenvalue weighted by atomic mass is 16.7. The van der Waals surface area contributed by atoms with Crippen LogP contribution in [-0.4, -0.2) is 19.5 Å². The smallest absolute Gasteiger partial charge is 0.177 e. The van der Waals surface area contributed by atoms with Gasteiger partial charge in [-0.1, -0.05) is 37.5 Å². The maximum absolute atomic E-state index is 5.83. The molecule has 0 unspecified atom stereocenters. The average molecular weight is 266 g/mol. The van der Waals surface area contributed by atoms with Gasteiger partial charge in [-0.3, -0.25) is 0 Å². The minimum Gasteiger partial charge on any atom is -0.348 e. The van der Waals surface area contributed by atoms with Gasteiger partial charge in [-0.15, -0.1) is 0 Å². The van der Waals surface area contributed by atoms with Gasteiger partial charge in [-0.05, 0) is 46.1 Å². The molecular formula is C17H30O2. The molecule has 0 bridgehead atoms. The van der Waals surface area contributed by atoms with Crippen LogP contribution in [0, 0.1) is 5.41 Å². The molecule has 0 saturated carbocycles. The standard InChI is InChI=1S/C17H30O2/c1-6-10-17(5)12-18-16(19-13-17)11-15(4)9-7-8-14(2)3/h8,11,16H,6-7,9-10,12-13H2,1-5H3. The molecule has 0 atom stereocenters. The summed E-state index contributed by atoms with van der Waals surface area (Å²) in [5.41, 5.74) is 2.93. The molecule has 1 fully saturated rings. The zero-order valence-corrected chi connectivity index (χ0v) is 13.3. The summed E-state index contributed by atoms with van der Waals surface area (Å²) in [4.78, 5) is 0. The molecule has 1 aliphatic heterocycles. The van der Waals surface area contributed by atoms with Crippen molar-refractivity contribution in [2.75, 3.05) is 13.2 Å². The Balaban J connectivity index is 2.37. The van der Waals surface area contributed by atoms with Crippen molar-refractivity contribution in [2.24, 2.45) is 5.41 Å². The molecular weight excluding hydrogens is 236 g/mol. The van der Waals surface area contributed by atoms with Gasteiger partial charge in [0.2, 0.25) is 0 Å². The van der Waals surface area contributed by atoms with Crippen LogP contribution in [0.4, 0.5) is 0 Å². The second-order valence-electron chi connectivity index (χ2n) is 6.38. The van der Waals surface area contributed by atoms with Crippen molar-refractivity contribution in [3.63, 3.8) is 0 Å². The molecule has 0 aromatic carbocycles. The Kier molecular flexibility index (Phi) is 6.81. The lowest BCUT2D eigenvalue weighted by atomic mass is 9.87. The quantitative estimate of drug-likeness (QED) is 0.639. The molecule has 1 aliphatic rings. The number of ether oxygens (including phenoxy) is 2. The zero-order valence-electron chi connectivity index (χ0n) is 13.3. The lowest BCUT2D eigenvalue weighted by Gasteiger charge is -2.36. The van der Waals surface area contributed by atoms with E-state index in [0.717, 1.165) is 26.1 Å². The van der Waals surface area contributed by atoms with Gasteiger partial charge in [0.1, 0.15) is 0 Å². The van der Waals surface area contributed by atoms with Gasteiger partial charge in [-0.2, -0.15) is 0 Å². The van der Waals surface area contributed by atoms with E-state index in [1.807, 2.05) is 0 Å². The first-order valence-corrected chi connectivity index (χ1v) is 7.49. The van der Waals surface area contributed by atoms with E-state index in [2.05, 4.69) is 46.8 Å². The van der Waals surface area contributed by atoms with Gasteiger partial charge in [0.05, 0.1) is 13.2 Å². The van der Waals surface area contributed by atoms with Crippen LogP contribution >= 0.6 is 0 Å². The van der Waals surface area contributed by atoms with E-state index < -0.39 is 0 Å². The minimum absolute atomic E-state index is 0.142. The van der Waals surface area contributed by atoms with E-state index in [1.54, 1.807) is 0 Å². The highest BCUT2D eigenvalue weighted by Crippen LogP contribution is 2.29. The molecule has 0 aromatic heterocycles. The van der Waals surface area contributed by atoms with Gasteiger partial charge in [0.25, 0.3) is 0 Å². The van der Waals surface area contributed by atoms with Gasteiger partial charge in [-0.25, -0.2) is 0 Å². The van der Waals surface area contributed by atoms with Crippen molar-refractivity contribution in [2.45, 2.75) is 66.6 Å². The van der Waals surface area contributed by atoms with E-state index in [-0.39, 0.29) is 11.7 Å². The average Bonchev–Trinajstić information content (AvgIpc) is 2.32. The molecule has 0 N–H and O–H groups in total. The molecule has 0 aliphatic carbocycles. The minimum atomic E-state index is -0.142. The molecule has 19 heavy (non-hydrogen) atoms. The third-order valence-corrected chi connectivity index (χ3v) is 3.56. The Morgan fingerprint density at radius 2 is 1.84 bits per heavy atom. The van der Waals surface area contributed by atoms with E-state index in [4.69, 9.17) is 9.47 Å². The summed E-state index contributed by atoms with van der Waals surface area (Å²) in [7, 11) is 0. The molecule has 0 amide bonds. The monoisotopic (exact) mass is 266 g/mol. The number of hydrogen-bond acceptors (Lipinski definition) is 2. The van der Waals surface area contributed by atoms with Crippen LogP contribution in [0.15, 0.2) is 23.3 Å². The normalized spacial score (nSPS) is 28.3. The molecule has 0 spiro atoms. The topological polar surface area (TPSA) is 18.5 Å². The number of hydrogen-bond donors (Lipinski definition) is 0. The summed E-state index contributed by atoms with van der Waals surface area (Å²) < 4.78 is 11.7. The predicted octanol–water partition coefficient (Wildman–Crippen LogP) is 4.86. The Bertz CT molecular complexity index is 316. The van der Waals surface area contributed by atoms with Crippen LogP contribution in [0.2, 0.25) is 0 Å². The molecule has 1 rings (SSSR count). The summed E-state index contributed by atoms with van der Waals surface area (Å²) in [5, 5.41) is 0. The highest BCUT2D eigenvalue weighted by Gasteiger charge is 2.30. The number of rotatable bonds is 6. The van der Waals surface area contributed by atoms with Crippen molar-refractivity contribution < 1.29 is 9.47 Å². The summed E-state index contributed by atoms with van der Waals surface area (Å²) in [6.45, 7) is 12.5. The summed E-state index contributed by atoms with van der Waals surface area (Å²) in [6.07, 6.45) is 8.81. The largest absolute Gasteiger partial charge is 0.348 e. The van der Waals surface area contributed by atoms with E-state index >= 15 is 0 Å². The van der Waals surface area contributed by atoms with Crippen molar-refractivity contribution in [1.82, 2.24) is 0 Å². The molecule has 2 heteroatoms. The third kappa shape index (κ3) is 6.40. The Morgan fingerprint density at radius 1 is 1.21 bits per heavy atom. The Hall–Kier alpha value is -0.600. The van der Waals surface area contributed by atoms with Crippen LogP contribution in [0.3, 0.4) is 0 Å². The Morgan fingerprint density at radius 3 is 2.37 bits per heavy atom. The first-order valence-electron chi connectivity index (χ1n) is 7.49. The van der Waals surface area contributed by atoms with Crippen LogP contribution < -0.4 is 0 Å². The van der Waals surface area contributed by atoms with Crippen LogP contribution in [0.5, 0.6) is 0 Å². The van der Waals surface area contributed by atoms with Crippen LogP contribution in [0.25, 0.3) is 0 Å². The highest BCUT2D eigenvalue weighted by molar-refractivity contribution is 5.04. The van der Waals surface area contributed by atoms with Crippen LogP contribution in [-0.2, 0) is 9.47 Å². The molecule has 110 valence electrons. The SMILES string of the molecule is CCCC1(C)COC(C=C(C)CCC=C(C)C)OC1. The third-order valence-electron chi connectivity index (χ3n) is 3.56. The maximum atomic E-state index is 5.83. The fourth-order valence-corrected chi connectivity index (χ4v) is 2.40. The summed E-state index contributed by atoms with van der Waals surface area (Å²) in [5.74, 6) is 0. The van der Waals surface area contributed by atoms with E-state index in [1.165, 1.54) is 24.0 Å². The van der Waals surface area contributed by atoms with Crippen molar-refractivity contribution in [3.05, 3.63) is 23.3 Å². The Labute approximate surface area is 118 Å². The molecule has 2 nitrogen and oxygen atoms in total. The van der Waals surface area contributed by atoms with Gasteiger partial charge < -0.3 is 9.47 Å².